The second-order valence-electron chi connectivity index (χ2n) is 7.46. The number of carbonyl (C=O) groups excluding carboxylic acids is 1. The summed E-state index contributed by atoms with van der Waals surface area (Å²) < 4.78 is 32.2. The number of aromatic nitrogens is 2. The average molecular weight is 421 g/mol. The van der Waals surface area contributed by atoms with E-state index in [4.69, 9.17) is 4.42 Å². The van der Waals surface area contributed by atoms with Crippen molar-refractivity contribution >= 4 is 15.9 Å². The lowest BCUT2D eigenvalue weighted by molar-refractivity contribution is -0.132. The molecule has 3 rings (SSSR count). The Hall–Kier alpha value is -2.26. The number of nitrogens with one attached hydrogen (secondary N) is 1. The number of likely N-dealkylation sites (tertiary alicyclic amines) is 1. The molecule has 158 valence electrons. The van der Waals surface area contributed by atoms with Crippen LogP contribution in [0.2, 0.25) is 0 Å². The summed E-state index contributed by atoms with van der Waals surface area (Å²) >= 11 is 0. The number of rotatable bonds is 8. The SMILES string of the molecule is CCCS(=O)(=O)NC1CCN(C(=O)CCc2nnc(-c3ccc(C)cc3)o2)CC1. The lowest BCUT2D eigenvalue weighted by atomic mass is 10.1. The number of hydrogen-bond acceptors (Lipinski definition) is 6. The van der Waals surface area contributed by atoms with Crippen molar-refractivity contribution in [1.82, 2.24) is 19.8 Å². The molecule has 1 amide bonds. The fourth-order valence-corrected chi connectivity index (χ4v) is 4.77. The van der Waals surface area contributed by atoms with Crippen LogP contribution < -0.4 is 4.72 Å². The molecule has 29 heavy (non-hydrogen) atoms. The molecule has 1 aromatic heterocycles. The van der Waals surface area contributed by atoms with Gasteiger partial charge in [0.1, 0.15) is 0 Å². The highest BCUT2D eigenvalue weighted by Crippen LogP contribution is 2.19. The van der Waals surface area contributed by atoms with E-state index in [2.05, 4.69) is 14.9 Å². The number of amides is 1. The summed E-state index contributed by atoms with van der Waals surface area (Å²) in [5.41, 5.74) is 2.01. The third kappa shape index (κ3) is 6.11. The number of carbonyl (C=O) groups is 1. The number of aryl methyl sites for hydroxylation is 2. The Morgan fingerprint density at radius 3 is 2.55 bits per heavy atom. The monoisotopic (exact) mass is 420 g/mol. The van der Waals surface area contributed by atoms with Crippen molar-refractivity contribution in [2.75, 3.05) is 18.8 Å². The van der Waals surface area contributed by atoms with Gasteiger partial charge in [-0.15, -0.1) is 10.2 Å². The highest BCUT2D eigenvalue weighted by Gasteiger charge is 2.25. The standard InChI is InChI=1S/C20H28N4O4S/c1-3-14-29(26,27)23-17-10-12-24(13-11-17)19(25)9-8-18-21-22-20(28-18)16-6-4-15(2)5-7-16/h4-7,17,23H,3,8-14H2,1-2H3. The minimum atomic E-state index is -3.22. The Kier molecular flexibility index (Phi) is 7.02. The summed E-state index contributed by atoms with van der Waals surface area (Å²) in [7, 11) is -3.22. The maximum absolute atomic E-state index is 12.5. The number of sulfonamides is 1. The summed E-state index contributed by atoms with van der Waals surface area (Å²) in [6.45, 7) is 4.96. The van der Waals surface area contributed by atoms with Crippen LogP contribution in [0.15, 0.2) is 28.7 Å². The number of nitrogens with zero attached hydrogens (tertiary/aromatic N) is 3. The van der Waals surface area contributed by atoms with Crippen LogP contribution in [-0.4, -0.2) is 54.3 Å². The lowest BCUT2D eigenvalue weighted by Gasteiger charge is -2.32. The molecular weight excluding hydrogens is 392 g/mol. The van der Waals surface area contributed by atoms with Gasteiger partial charge in [-0.3, -0.25) is 4.79 Å². The summed E-state index contributed by atoms with van der Waals surface area (Å²) in [6, 6.07) is 7.72. The van der Waals surface area contributed by atoms with E-state index in [1.807, 2.05) is 38.1 Å². The van der Waals surface area contributed by atoms with Crippen LogP contribution in [0.1, 0.15) is 44.1 Å². The molecule has 1 aliphatic rings. The van der Waals surface area contributed by atoms with Gasteiger partial charge < -0.3 is 9.32 Å². The molecule has 0 unspecified atom stereocenters. The minimum Gasteiger partial charge on any atom is -0.421 e. The fourth-order valence-electron chi connectivity index (χ4n) is 3.37. The van der Waals surface area contributed by atoms with E-state index in [1.165, 1.54) is 0 Å². The van der Waals surface area contributed by atoms with Crippen molar-refractivity contribution in [1.29, 1.82) is 0 Å². The third-order valence-corrected chi connectivity index (χ3v) is 6.62. The van der Waals surface area contributed by atoms with Gasteiger partial charge in [-0.25, -0.2) is 13.1 Å². The molecule has 0 bridgehead atoms. The van der Waals surface area contributed by atoms with Crippen LogP contribution in [0, 0.1) is 6.92 Å². The molecular formula is C20H28N4O4S. The Bertz CT molecular complexity index is 916. The maximum Gasteiger partial charge on any atom is 0.247 e. The minimum absolute atomic E-state index is 0.0231. The van der Waals surface area contributed by atoms with E-state index < -0.39 is 10.0 Å². The number of hydrogen-bond donors (Lipinski definition) is 1. The van der Waals surface area contributed by atoms with Crippen molar-refractivity contribution in [3.05, 3.63) is 35.7 Å². The number of piperidine rings is 1. The topological polar surface area (TPSA) is 105 Å². The number of benzene rings is 1. The first kappa shape index (κ1) is 21.4. The normalized spacial score (nSPS) is 15.6. The highest BCUT2D eigenvalue weighted by molar-refractivity contribution is 7.89. The van der Waals surface area contributed by atoms with Gasteiger partial charge in [-0.05, 0) is 38.3 Å². The molecule has 9 heteroatoms. The third-order valence-electron chi connectivity index (χ3n) is 4.98. The molecule has 1 saturated heterocycles. The van der Waals surface area contributed by atoms with Gasteiger partial charge in [0.2, 0.25) is 27.7 Å². The van der Waals surface area contributed by atoms with E-state index in [0.29, 0.717) is 57.0 Å². The van der Waals surface area contributed by atoms with Crippen LogP contribution in [0.4, 0.5) is 0 Å². The van der Waals surface area contributed by atoms with Gasteiger partial charge in [-0.2, -0.15) is 0 Å². The Balaban J connectivity index is 1.45. The predicted molar refractivity (Wildman–Crippen MR) is 110 cm³/mol. The summed E-state index contributed by atoms with van der Waals surface area (Å²) in [5, 5.41) is 8.10. The molecule has 2 aromatic rings. The molecule has 0 atom stereocenters. The molecule has 0 radical (unpaired) electrons. The van der Waals surface area contributed by atoms with Crippen LogP contribution in [0.5, 0.6) is 0 Å². The first-order valence-electron chi connectivity index (χ1n) is 10.0. The van der Waals surface area contributed by atoms with Crippen molar-refractivity contribution in [3.8, 4) is 11.5 Å². The predicted octanol–water partition coefficient (Wildman–Crippen LogP) is 2.30. The molecule has 0 saturated carbocycles. The lowest BCUT2D eigenvalue weighted by Crippen LogP contribution is -2.47. The van der Waals surface area contributed by atoms with E-state index in [-0.39, 0.29) is 17.7 Å². The van der Waals surface area contributed by atoms with Gasteiger partial charge in [0.15, 0.2) is 0 Å². The van der Waals surface area contributed by atoms with Crippen molar-refractivity contribution in [2.24, 2.45) is 0 Å². The van der Waals surface area contributed by atoms with Gasteiger partial charge in [0.25, 0.3) is 0 Å². The zero-order valence-corrected chi connectivity index (χ0v) is 17.7. The van der Waals surface area contributed by atoms with Gasteiger partial charge in [-0.1, -0.05) is 24.6 Å². The first-order chi connectivity index (χ1) is 13.9. The molecule has 0 spiro atoms. The molecule has 1 aliphatic heterocycles. The maximum atomic E-state index is 12.5. The van der Waals surface area contributed by atoms with Crippen LogP contribution >= 0.6 is 0 Å². The summed E-state index contributed by atoms with van der Waals surface area (Å²) in [4.78, 5) is 14.3. The van der Waals surface area contributed by atoms with E-state index in [9.17, 15) is 13.2 Å². The Morgan fingerprint density at radius 1 is 1.21 bits per heavy atom. The van der Waals surface area contributed by atoms with Gasteiger partial charge in [0.05, 0.1) is 5.75 Å². The van der Waals surface area contributed by atoms with E-state index in [0.717, 1.165) is 11.1 Å². The van der Waals surface area contributed by atoms with Crippen LogP contribution in [0.25, 0.3) is 11.5 Å². The smallest absolute Gasteiger partial charge is 0.247 e. The zero-order valence-electron chi connectivity index (χ0n) is 16.9. The largest absolute Gasteiger partial charge is 0.421 e. The highest BCUT2D eigenvalue weighted by atomic mass is 32.2. The van der Waals surface area contributed by atoms with Crippen LogP contribution in [0.3, 0.4) is 0 Å². The zero-order chi connectivity index (χ0) is 20.9. The fraction of sp³-hybridized carbons (Fsp3) is 0.550. The summed E-state index contributed by atoms with van der Waals surface area (Å²) in [6.07, 6.45) is 2.54. The second-order valence-corrected chi connectivity index (χ2v) is 9.33. The van der Waals surface area contributed by atoms with Crippen molar-refractivity contribution in [2.45, 2.75) is 52.0 Å². The second kappa shape index (κ2) is 9.49. The molecule has 2 heterocycles. The first-order valence-corrected chi connectivity index (χ1v) is 11.7. The Morgan fingerprint density at radius 2 is 1.90 bits per heavy atom. The van der Waals surface area contributed by atoms with Crippen molar-refractivity contribution < 1.29 is 17.6 Å². The van der Waals surface area contributed by atoms with Gasteiger partial charge in [0, 0.05) is 37.5 Å². The molecule has 1 N–H and O–H groups in total. The molecule has 0 aliphatic carbocycles. The molecule has 1 fully saturated rings. The Labute approximate surface area is 171 Å². The van der Waals surface area contributed by atoms with Crippen LogP contribution in [-0.2, 0) is 21.2 Å². The quantitative estimate of drug-likeness (QED) is 0.702. The summed E-state index contributed by atoms with van der Waals surface area (Å²) in [5.74, 6) is 1.06. The molecule has 8 nitrogen and oxygen atoms in total. The van der Waals surface area contributed by atoms with E-state index >= 15 is 0 Å². The van der Waals surface area contributed by atoms with Gasteiger partial charge >= 0.3 is 0 Å². The van der Waals surface area contributed by atoms with E-state index in [1.54, 1.807) is 4.90 Å². The average Bonchev–Trinajstić information content (AvgIpc) is 3.16. The van der Waals surface area contributed by atoms with Crippen molar-refractivity contribution in [3.63, 3.8) is 0 Å². The molecule has 1 aromatic carbocycles.